The molecular weight excluding hydrogens is 317 g/mol. The lowest BCUT2D eigenvalue weighted by atomic mass is 10.0. The van der Waals surface area contributed by atoms with E-state index in [1.54, 1.807) is 12.1 Å². The number of aromatic nitrogens is 2. The maximum absolute atomic E-state index is 13.8. The Hall–Kier alpha value is -1.92. The summed E-state index contributed by atoms with van der Waals surface area (Å²) in [5, 5.41) is 11.5. The van der Waals surface area contributed by atoms with Crippen molar-refractivity contribution in [1.82, 2.24) is 20.0 Å². The molecule has 2 aromatic rings. The zero-order valence-corrected chi connectivity index (χ0v) is 14.5. The van der Waals surface area contributed by atoms with Gasteiger partial charge in [-0.2, -0.15) is 5.10 Å². The van der Waals surface area contributed by atoms with E-state index >= 15 is 0 Å². The third-order valence-electron chi connectivity index (χ3n) is 5.35. The number of benzene rings is 1. The number of rotatable bonds is 5. The number of piperidine rings is 1. The predicted molar refractivity (Wildman–Crippen MR) is 96.9 cm³/mol. The molecular formula is C19H26FN5. The number of halogens is 1. The Kier molecular flexibility index (Phi) is 4.99. The molecule has 1 unspecified atom stereocenters. The predicted octanol–water partition coefficient (Wildman–Crippen LogP) is 2.32. The highest BCUT2D eigenvalue weighted by Gasteiger charge is 2.22. The van der Waals surface area contributed by atoms with Gasteiger partial charge in [-0.15, -0.1) is 0 Å². The Bertz CT molecular complexity index is 693. The Labute approximate surface area is 148 Å². The SMILES string of the molecule is Fc1ccccc1CN1CCC(NCC2CNc3ccnn3C2)CC1. The summed E-state index contributed by atoms with van der Waals surface area (Å²) in [6, 6.07) is 9.69. The van der Waals surface area contributed by atoms with E-state index in [2.05, 4.69) is 20.6 Å². The maximum atomic E-state index is 13.8. The number of hydrogen-bond donors (Lipinski definition) is 2. The average Bonchev–Trinajstić information content (AvgIpc) is 3.11. The highest BCUT2D eigenvalue weighted by molar-refractivity contribution is 5.35. The van der Waals surface area contributed by atoms with Crippen LogP contribution >= 0.6 is 0 Å². The van der Waals surface area contributed by atoms with E-state index in [0.29, 0.717) is 18.5 Å². The summed E-state index contributed by atoms with van der Waals surface area (Å²) in [5.74, 6) is 1.60. The summed E-state index contributed by atoms with van der Waals surface area (Å²) in [6.45, 7) is 5.77. The van der Waals surface area contributed by atoms with Crippen LogP contribution in [0.2, 0.25) is 0 Å². The third kappa shape index (κ3) is 4.02. The van der Waals surface area contributed by atoms with Gasteiger partial charge < -0.3 is 10.6 Å². The maximum Gasteiger partial charge on any atom is 0.127 e. The molecule has 0 spiro atoms. The van der Waals surface area contributed by atoms with Crippen LogP contribution in [0.4, 0.5) is 10.2 Å². The lowest BCUT2D eigenvalue weighted by Gasteiger charge is -2.34. The standard InChI is InChI=1S/C19H26FN5/c20-18-4-2-1-3-16(18)14-24-9-6-17(7-10-24)21-11-15-12-22-19-5-8-23-25(19)13-15/h1-5,8,15,17,21-22H,6-7,9-14H2. The molecule has 2 aliphatic rings. The molecule has 2 N–H and O–H groups in total. The van der Waals surface area contributed by atoms with Crippen molar-refractivity contribution in [2.75, 3.05) is 31.5 Å². The molecule has 6 heteroatoms. The number of nitrogens with zero attached hydrogens (tertiary/aromatic N) is 3. The van der Waals surface area contributed by atoms with Crippen LogP contribution in [0.15, 0.2) is 36.5 Å². The van der Waals surface area contributed by atoms with Gasteiger partial charge in [0.05, 0.1) is 6.20 Å². The minimum Gasteiger partial charge on any atom is -0.370 e. The summed E-state index contributed by atoms with van der Waals surface area (Å²) in [4.78, 5) is 2.36. The van der Waals surface area contributed by atoms with E-state index in [0.717, 1.165) is 56.9 Å². The Morgan fingerprint density at radius 2 is 2.04 bits per heavy atom. The summed E-state index contributed by atoms with van der Waals surface area (Å²) in [7, 11) is 0. The van der Waals surface area contributed by atoms with Crippen molar-refractivity contribution in [1.29, 1.82) is 0 Å². The van der Waals surface area contributed by atoms with Crippen LogP contribution in [0.3, 0.4) is 0 Å². The van der Waals surface area contributed by atoms with Gasteiger partial charge in [0.1, 0.15) is 11.6 Å². The molecule has 5 nitrogen and oxygen atoms in total. The van der Waals surface area contributed by atoms with Gasteiger partial charge in [0.25, 0.3) is 0 Å². The Morgan fingerprint density at radius 1 is 1.20 bits per heavy atom. The first-order valence-corrected chi connectivity index (χ1v) is 9.23. The first kappa shape index (κ1) is 16.5. The van der Waals surface area contributed by atoms with Crippen molar-refractivity contribution in [3.05, 3.63) is 47.9 Å². The zero-order valence-electron chi connectivity index (χ0n) is 14.5. The molecule has 1 aromatic carbocycles. The van der Waals surface area contributed by atoms with Gasteiger partial charge in [0.2, 0.25) is 0 Å². The van der Waals surface area contributed by atoms with Crippen molar-refractivity contribution in [2.45, 2.75) is 32.0 Å². The van der Waals surface area contributed by atoms with Gasteiger partial charge >= 0.3 is 0 Å². The van der Waals surface area contributed by atoms with Crippen molar-refractivity contribution >= 4 is 5.82 Å². The molecule has 25 heavy (non-hydrogen) atoms. The van der Waals surface area contributed by atoms with Crippen LogP contribution in [0.25, 0.3) is 0 Å². The molecule has 134 valence electrons. The average molecular weight is 343 g/mol. The number of likely N-dealkylation sites (tertiary alicyclic amines) is 1. The summed E-state index contributed by atoms with van der Waals surface area (Å²) in [5.41, 5.74) is 0.803. The fraction of sp³-hybridized carbons (Fsp3) is 0.526. The zero-order chi connectivity index (χ0) is 17.1. The van der Waals surface area contributed by atoms with E-state index in [4.69, 9.17) is 0 Å². The molecule has 0 amide bonds. The summed E-state index contributed by atoms with van der Waals surface area (Å²) in [6.07, 6.45) is 4.10. The monoisotopic (exact) mass is 343 g/mol. The minimum atomic E-state index is -0.0921. The molecule has 0 radical (unpaired) electrons. The third-order valence-corrected chi connectivity index (χ3v) is 5.35. The van der Waals surface area contributed by atoms with Gasteiger partial charge in [-0.05, 0) is 32.0 Å². The summed E-state index contributed by atoms with van der Waals surface area (Å²) < 4.78 is 15.8. The second-order valence-electron chi connectivity index (χ2n) is 7.20. The molecule has 4 rings (SSSR count). The first-order valence-electron chi connectivity index (χ1n) is 9.23. The van der Waals surface area contributed by atoms with Crippen LogP contribution in [-0.2, 0) is 13.1 Å². The van der Waals surface area contributed by atoms with E-state index in [9.17, 15) is 4.39 Å². The Morgan fingerprint density at radius 3 is 2.88 bits per heavy atom. The van der Waals surface area contributed by atoms with Crippen molar-refractivity contribution in [3.8, 4) is 0 Å². The largest absolute Gasteiger partial charge is 0.370 e. The molecule has 3 heterocycles. The molecule has 1 aromatic heterocycles. The fourth-order valence-electron chi connectivity index (χ4n) is 3.82. The molecule has 1 fully saturated rings. The van der Waals surface area contributed by atoms with Gasteiger partial charge in [0.15, 0.2) is 0 Å². The normalized spacial score (nSPS) is 21.7. The van der Waals surface area contributed by atoms with Crippen LogP contribution in [0.1, 0.15) is 18.4 Å². The quantitative estimate of drug-likeness (QED) is 0.875. The molecule has 0 bridgehead atoms. The lowest BCUT2D eigenvalue weighted by molar-refractivity contribution is 0.185. The second-order valence-corrected chi connectivity index (χ2v) is 7.20. The topological polar surface area (TPSA) is 45.1 Å². The van der Waals surface area contributed by atoms with E-state index in [1.165, 1.54) is 0 Å². The van der Waals surface area contributed by atoms with Gasteiger partial charge in [-0.1, -0.05) is 18.2 Å². The second kappa shape index (κ2) is 7.54. The van der Waals surface area contributed by atoms with Crippen molar-refractivity contribution < 1.29 is 4.39 Å². The highest BCUT2D eigenvalue weighted by atomic mass is 19.1. The van der Waals surface area contributed by atoms with E-state index in [-0.39, 0.29) is 5.82 Å². The molecule has 0 saturated carbocycles. The van der Waals surface area contributed by atoms with E-state index in [1.807, 2.05) is 29.1 Å². The number of anilines is 1. The van der Waals surface area contributed by atoms with Crippen LogP contribution < -0.4 is 10.6 Å². The van der Waals surface area contributed by atoms with Gasteiger partial charge in [-0.25, -0.2) is 9.07 Å². The van der Waals surface area contributed by atoms with Crippen LogP contribution in [0.5, 0.6) is 0 Å². The highest BCUT2D eigenvalue weighted by Crippen LogP contribution is 2.18. The fourth-order valence-corrected chi connectivity index (χ4v) is 3.82. The van der Waals surface area contributed by atoms with Crippen molar-refractivity contribution in [3.63, 3.8) is 0 Å². The van der Waals surface area contributed by atoms with Crippen LogP contribution in [0, 0.1) is 11.7 Å². The number of fused-ring (bicyclic) bond motifs is 1. The first-order chi connectivity index (χ1) is 12.3. The molecule has 1 atom stereocenters. The summed E-state index contributed by atoms with van der Waals surface area (Å²) >= 11 is 0. The molecule has 2 aliphatic heterocycles. The smallest absolute Gasteiger partial charge is 0.127 e. The lowest BCUT2D eigenvalue weighted by Crippen LogP contribution is -2.45. The van der Waals surface area contributed by atoms with Crippen LogP contribution in [-0.4, -0.2) is 46.9 Å². The molecule has 0 aliphatic carbocycles. The van der Waals surface area contributed by atoms with Gasteiger partial charge in [0, 0.05) is 49.8 Å². The Balaban J connectivity index is 1.20. The van der Waals surface area contributed by atoms with Crippen molar-refractivity contribution in [2.24, 2.45) is 5.92 Å². The van der Waals surface area contributed by atoms with Gasteiger partial charge in [-0.3, -0.25) is 4.90 Å². The number of hydrogen-bond acceptors (Lipinski definition) is 4. The number of nitrogens with one attached hydrogen (secondary N) is 2. The van der Waals surface area contributed by atoms with E-state index < -0.39 is 0 Å². The molecule has 1 saturated heterocycles. The minimum absolute atomic E-state index is 0.0921.